The molecule has 1 saturated heterocycles. The van der Waals surface area contributed by atoms with Crippen molar-refractivity contribution in [2.75, 3.05) is 25.0 Å². The first-order valence-corrected chi connectivity index (χ1v) is 9.16. The van der Waals surface area contributed by atoms with E-state index in [1.165, 1.54) is 0 Å². The van der Waals surface area contributed by atoms with Crippen molar-refractivity contribution in [2.45, 2.75) is 25.9 Å². The SMILES string of the molecule is CCNC(=O)c1cccc(NC(=O)N2CCC(Oc3ccncc3)CC2)c1. The van der Waals surface area contributed by atoms with Crippen molar-refractivity contribution >= 4 is 17.6 Å². The first-order chi connectivity index (χ1) is 13.2. The summed E-state index contributed by atoms with van der Waals surface area (Å²) in [5.41, 5.74) is 1.14. The molecule has 0 atom stereocenters. The third kappa shape index (κ3) is 5.20. The Morgan fingerprint density at radius 3 is 2.63 bits per heavy atom. The Labute approximate surface area is 158 Å². The van der Waals surface area contributed by atoms with E-state index in [9.17, 15) is 9.59 Å². The number of nitrogens with zero attached hydrogens (tertiary/aromatic N) is 2. The summed E-state index contributed by atoms with van der Waals surface area (Å²) in [6.45, 7) is 3.67. The van der Waals surface area contributed by atoms with Crippen molar-refractivity contribution in [3.63, 3.8) is 0 Å². The molecule has 0 aliphatic carbocycles. The van der Waals surface area contributed by atoms with E-state index in [2.05, 4.69) is 15.6 Å². The molecule has 1 aliphatic heterocycles. The highest BCUT2D eigenvalue weighted by Gasteiger charge is 2.24. The zero-order chi connectivity index (χ0) is 19.1. The van der Waals surface area contributed by atoms with Gasteiger partial charge in [-0.05, 0) is 37.3 Å². The molecular weight excluding hydrogens is 344 g/mol. The molecular formula is C20H24N4O3. The van der Waals surface area contributed by atoms with Crippen LogP contribution in [0.2, 0.25) is 0 Å². The van der Waals surface area contributed by atoms with Crippen LogP contribution in [0, 0.1) is 0 Å². The minimum absolute atomic E-state index is 0.0949. The number of aromatic nitrogens is 1. The van der Waals surface area contributed by atoms with Crippen molar-refractivity contribution in [1.82, 2.24) is 15.2 Å². The summed E-state index contributed by atoms with van der Waals surface area (Å²) in [6.07, 6.45) is 5.04. The van der Waals surface area contributed by atoms with Crippen LogP contribution in [0.3, 0.4) is 0 Å². The van der Waals surface area contributed by atoms with Crippen LogP contribution in [-0.4, -0.2) is 47.6 Å². The van der Waals surface area contributed by atoms with Crippen LogP contribution in [0.15, 0.2) is 48.8 Å². The van der Waals surface area contributed by atoms with Crippen LogP contribution in [0.5, 0.6) is 5.75 Å². The lowest BCUT2D eigenvalue weighted by Gasteiger charge is -2.32. The first kappa shape index (κ1) is 18.7. The molecule has 7 nitrogen and oxygen atoms in total. The molecule has 142 valence electrons. The van der Waals surface area contributed by atoms with Gasteiger partial charge >= 0.3 is 6.03 Å². The summed E-state index contributed by atoms with van der Waals surface area (Å²) in [5, 5.41) is 5.62. The average molecular weight is 368 g/mol. The number of carbonyl (C=O) groups is 2. The van der Waals surface area contributed by atoms with Crippen LogP contribution in [0.25, 0.3) is 0 Å². The molecule has 1 aromatic carbocycles. The Kier molecular flexibility index (Phi) is 6.25. The lowest BCUT2D eigenvalue weighted by molar-refractivity contribution is 0.0955. The second-order valence-corrected chi connectivity index (χ2v) is 6.36. The van der Waals surface area contributed by atoms with E-state index in [0.29, 0.717) is 30.9 Å². The fourth-order valence-electron chi connectivity index (χ4n) is 2.99. The fraction of sp³-hybridized carbons (Fsp3) is 0.350. The van der Waals surface area contributed by atoms with Crippen molar-refractivity contribution in [1.29, 1.82) is 0 Å². The van der Waals surface area contributed by atoms with Gasteiger partial charge in [0.2, 0.25) is 0 Å². The number of benzene rings is 1. The third-order valence-electron chi connectivity index (χ3n) is 4.40. The van der Waals surface area contributed by atoms with E-state index < -0.39 is 0 Å². The van der Waals surface area contributed by atoms with Gasteiger partial charge in [0, 0.05) is 56.1 Å². The normalized spacial score (nSPS) is 14.5. The van der Waals surface area contributed by atoms with E-state index in [0.717, 1.165) is 18.6 Å². The highest BCUT2D eigenvalue weighted by molar-refractivity contribution is 5.96. The van der Waals surface area contributed by atoms with Gasteiger partial charge in [-0.1, -0.05) is 6.07 Å². The summed E-state index contributed by atoms with van der Waals surface area (Å²) in [5.74, 6) is 0.651. The molecule has 2 aromatic rings. The lowest BCUT2D eigenvalue weighted by Crippen LogP contribution is -2.43. The Balaban J connectivity index is 1.51. The van der Waals surface area contributed by atoms with Crippen LogP contribution < -0.4 is 15.4 Å². The minimum Gasteiger partial charge on any atom is -0.490 e. The van der Waals surface area contributed by atoms with E-state index in [1.54, 1.807) is 41.6 Å². The topological polar surface area (TPSA) is 83.6 Å². The maximum absolute atomic E-state index is 12.5. The average Bonchev–Trinajstić information content (AvgIpc) is 2.70. The number of pyridine rings is 1. The van der Waals surface area contributed by atoms with Gasteiger partial charge in [-0.3, -0.25) is 9.78 Å². The largest absolute Gasteiger partial charge is 0.490 e. The van der Waals surface area contributed by atoms with Gasteiger partial charge in [0.05, 0.1) is 0 Å². The summed E-state index contributed by atoms with van der Waals surface area (Å²) in [7, 11) is 0. The highest BCUT2D eigenvalue weighted by atomic mass is 16.5. The number of amides is 3. The molecule has 0 spiro atoms. The van der Waals surface area contributed by atoms with Crippen LogP contribution in [-0.2, 0) is 0 Å². The van der Waals surface area contributed by atoms with Gasteiger partial charge in [0.1, 0.15) is 11.9 Å². The number of hydrogen-bond acceptors (Lipinski definition) is 4. The standard InChI is InChI=1S/C20H24N4O3/c1-2-22-19(25)15-4-3-5-16(14-15)23-20(26)24-12-8-18(9-13-24)27-17-6-10-21-11-7-17/h3-7,10-11,14,18H,2,8-9,12-13H2,1H3,(H,22,25)(H,23,26). The summed E-state index contributed by atoms with van der Waals surface area (Å²) >= 11 is 0. The molecule has 0 radical (unpaired) electrons. The van der Waals surface area contributed by atoms with Gasteiger partial charge in [0.15, 0.2) is 0 Å². The predicted octanol–water partition coefficient (Wildman–Crippen LogP) is 2.91. The van der Waals surface area contributed by atoms with Crippen LogP contribution >= 0.6 is 0 Å². The minimum atomic E-state index is -0.162. The Morgan fingerprint density at radius 2 is 1.93 bits per heavy atom. The zero-order valence-corrected chi connectivity index (χ0v) is 15.4. The number of hydrogen-bond donors (Lipinski definition) is 2. The first-order valence-electron chi connectivity index (χ1n) is 9.16. The second kappa shape index (κ2) is 9.02. The number of likely N-dealkylation sites (tertiary alicyclic amines) is 1. The molecule has 0 bridgehead atoms. The van der Waals surface area contributed by atoms with Gasteiger partial charge in [-0.2, -0.15) is 0 Å². The molecule has 2 heterocycles. The molecule has 3 rings (SSSR count). The smallest absolute Gasteiger partial charge is 0.321 e. The summed E-state index contributed by atoms with van der Waals surface area (Å²) < 4.78 is 5.92. The number of carbonyl (C=O) groups excluding carboxylic acids is 2. The zero-order valence-electron chi connectivity index (χ0n) is 15.4. The molecule has 3 amide bonds. The number of piperidine rings is 1. The predicted molar refractivity (Wildman–Crippen MR) is 103 cm³/mol. The fourth-order valence-corrected chi connectivity index (χ4v) is 2.99. The van der Waals surface area contributed by atoms with Crippen molar-refractivity contribution in [3.8, 4) is 5.75 Å². The van der Waals surface area contributed by atoms with Gasteiger partial charge in [-0.15, -0.1) is 0 Å². The summed E-state index contributed by atoms with van der Waals surface area (Å²) in [6, 6.07) is 10.5. The monoisotopic (exact) mass is 368 g/mol. The lowest BCUT2D eigenvalue weighted by atomic mass is 10.1. The maximum Gasteiger partial charge on any atom is 0.321 e. The van der Waals surface area contributed by atoms with E-state index in [-0.39, 0.29) is 18.0 Å². The van der Waals surface area contributed by atoms with Gasteiger partial charge in [-0.25, -0.2) is 4.79 Å². The molecule has 7 heteroatoms. The molecule has 1 fully saturated rings. The number of urea groups is 1. The molecule has 27 heavy (non-hydrogen) atoms. The number of ether oxygens (including phenoxy) is 1. The quantitative estimate of drug-likeness (QED) is 0.850. The van der Waals surface area contributed by atoms with Crippen LogP contribution in [0.4, 0.5) is 10.5 Å². The van der Waals surface area contributed by atoms with Crippen molar-refractivity contribution in [2.24, 2.45) is 0 Å². The molecule has 2 N–H and O–H groups in total. The Hall–Kier alpha value is -3.09. The van der Waals surface area contributed by atoms with E-state index in [4.69, 9.17) is 4.74 Å². The Bertz CT molecular complexity index is 774. The number of nitrogens with one attached hydrogen (secondary N) is 2. The molecule has 1 aromatic heterocycles. The van der Waals surface area contributed by atoms with Crippen LogP contribution in [0.1, 0.15) is 30.1 Å². The number of anilines is 1. The van der Waals surface area contributed by atoms with Crippen molar-refractivity contribution < 1.29 is 14.3 Å². The Morgan fingerprint density at radius 1 is 1.19 bits per heavy atom. The van der Waals surface area contributed by atoms with E-state index in [1.807, 2.05) is 19.1 Å². The van der Waals surface area contributed by atoms with Gasteiger partial charge < -0.3 is 20.3 Å². The highest BCUT2D eigenvalue weighted by Crippen LogP contribution is 2.19. The second-order valence-electron chi connectivity index (χ2n) is 6.36. The van der Waals surface area contributed by atoms with E-state index >= 15 is 0 Å². The number of rotatable bonds is 5. The summed E-state index contributed by atoms with van der Waals surface area (Å²) in [4.78, 5) is 30.2. The van der Waals surface area contributed by atoms with Gasteiger partial charge in [0.25, 0.3) is 5.91 Å². The van der Waals surface area contributed by atoms with Crippen molar-refractivity contribution in [3.05, 3.63) is 54.4 Å². The maximum atomic E-state index is 12.5. The molecule has 0 saturated carbocycles. The molecule has 0 unspecified atom stereocenters. The third-order valence-corrected chi connectivity index (χ3v) is 4.40. The molecule has 1 aliphatic rings.